The van der Waals surface area contributed by atoms with E-state index in [1.54, 1.807) is 6.92 Å². The summed E-state index contributed by atoms with van der Waals surface area (Å²) in [4.78, 5) is 20.3. The molecule has 6 rings (SSSR count). The van der Waals surface area contributed by atoms with Crippen molar-refractivity contribution in [1.29, 1.82) is 0 Å². The Balaban J connectivity index is 1.32. The van der Waals surface area contributed by atoms with Crippen molar-refractivity contribution in [2.24, 2.45) is 30.7 Å². The number of nitrogens with one attached hydrogen (secondary N) is 2. The number of methoxy groups -OCH3 is 1. The Morgan fingerprint density at radius 2 is 0.910 bits per heavy atom. The molecule has 0 aromatic heterocycles. The van der Waals surface area contributed by atoms with E-state index in [-0.39, 0.29) is 61.4 Å². The lowest BCUT2D eigenvalue weighted by atomic mass is 10.1. The Morgan fingerprint density at radius 1 is 0.522 bits per heavy atom. The lowest BCUT2D eigenvalue weighted by molar-refractivity contribution is -0.115. The van der Waals surface area contributed by atoms with Gasteiger partial charge in [-0.3, -0.25) is 27.8 Å². The topological polar surface area (TPSA) is 400 Å². The zero-order valence-electron chi connectivity index (χ0n) is 34.4. The van der Waals surface area contributed by atoms with Crippen LogP contribution in [0, 0.1) is 6.92 Å². The Bertz CT molecular complexity index is 3660. The number of anilines is 2. The first-order valence-electron chi connectivity index (χ1n) is 18.2. The SMILES string of the molecule is COc1cc(N=Nc2ccc(N=Nc3c(S(=O)(=O)O)cc4cc(S(=O)(=O)O)cc(NC(C)=O)c4c3O)cc2)c(C)cc1N=Nc1c(S(=O)(=O)O)cc2cc(S(=O)(=O)O)cc(NC(C)=O)c2c1O. The first-order chi connectivity index (χ1) is 31.1. The fourth-order valence-electron chi connectivity index (χ4n) is 6.30. The van der Waals surface area contributed by atoms with Gasteiger partial charge in [0.25, 0.3) is 40.5 Å². The maximum absolute atomic E-state index is 12.5. The van der Waals surface area contributed by atoms with Gasteiger partial charge in [-0.2, -0.15) is 49.0 Å². The molecule has 6 aromatic carbocycles. The number of hydrogen-bond donors (Lipinski definition) is 8. The van der Waals surface area contributed by atoms with Crippen LogP contribution in [0.15, 0.2) is 123 Å². The minimum absolute atomic E-state index is 0.00579. The molecule has 0 saturated heterocycles. The number of carbonyl (C=O) groups excluding carboxylic acids is 2. The first-order valence-corrected chi connectivity index (χ1v) is 24.0. The molecule has 0 radical (unpaired) electrons. The number of aromatic hydroxyl groups is 2. The summed E-state index contributed by atoms with van der Waals surface area (Å²) in [5.74, 6) is -3.37. The van der Waals surface area contributed by atoms with Crippen molar-refractivity contribution in [3.63, 3.8) is 0 Å². The van der Waals surface area contributed by atoms with Gasteiger partial charge in [0.2, 0.25) is 11.8 Å². The molecule has 0 aliphatic rings. The molecule has 0 atom stereocenters. The molecule has 0 fully saturated rings. The van der Waals surface area contributed by atoms with Crippen molar-refractivity contribution in [1.82, 2.24) is 0 Å². The quantitative estimate of drug-likeness (QED) is 0.0403. The lowest BCUT2D eigenvalue weighted by Crippen LogP contribution is -2.08. The normalized spacial score (nSPS) is 12.7. The van der Waals surface area contributed by atoms with E-state index in [1.165, 1.54) is 43.5 Å². The van der Waals surface area contributed by atoms with Crippen molar-refractivity contribution in [2.75, 3.05) is 17.7 Å². The van der Waals surface area contributed by atoms with Crippen LogP contribution in [0.25, 0.3) is 21.5 Å². The molecule has 2 amide bonds. The molecule has 0 saturated carbocycles. The monoisotopic (exact) mass is 1000 g/mol. The summed E-state index contributed by atoms with van der Waals surface area (Å²) < 4.78 is 142. The number of carbonyl (C=O) groups is 2. The van der Waals surface area contributed by atoms with E-state index < -0.39 is 94.7 Å². The first kappa shape index (κ1) is 49.1. The Kier molecular flexibility index (Phi) is 13.3. The highest BCUT2D eigenvalue weighted by molar-refractivity contribution is 7.86. The number of aryl methyl sites for hydroxylation is 1. The molecule has 0 spiro atoms. The second-order valence-electron chi connectivity index (χ2n) is 14.0. The van der Waals surface area contributed by atoms with Crippen molar-refractivity contribution in [3.05, 3.63) is 78.4 Å². The minimum atomic E-state index is -5.20. The molecule has 29 heteroatoms. The largest absolute Gasteiger partial charge is 0.505 e. The predicted molar refractivity (Wildman–Crippen MR) is 236 cm³/mol. The third-order valence-electron chi connectivity index (χ3n) is 9.16. The van der Waals surface area contributed by atoms with Gasteiger partial charge >= 0.3 is 0 Å². The fourth-order valence-corrected chi connectivity index (χ4v) is 8.70. The van der Waals surface area contributed by atoms with Gasteiger partial charge in [-0.15, -0.1) is 15.3 Å². The van der Waals surface area contributed by atoms with Gasteiger partial charge in [-0.25, -0.2) is 0 Å². The number of phenolic OH excluding ortho intramolecular Hbond substituents is 2. The third-order valence-corrected chi connectivity index (χ3v) is 12.6. The highest BCUT2D eigenvalue weighted by atomic mass is 32.2. The molecule has 8 N–H and O–H groups in total. The van der Waals surface area contributed by atoms with Gasteiger partial charge in [-0.1, -0.05) is 0 Å². The highest BCUT2D eigenvalue weighted by Gasteiger charge is 2.28. The summed E-state index contributed by atoms with van der Waals surface area (Å²) in [7, 11) is -18.9. The van der Waals surface area contributed by atoms with Gasteiger partial charge in [0, 0.05) is 30.7 Å². The van der Waals surface area contributed by atoms with Crippen molar-refractivity contribution >= 4 is 119 Å². The molecule has 0 unspecified atom stereocenters. The third kappa shape index (κ3) is 10.8. The molecule has 0 aliphatic carbocycles. The number of benzene rings is 6. The van der Waals surface area contributed by atoms with Crippen molar-refractivity contribution in [3.8, 4) is 17.2 Å². The van der Waals surface area contributed by atoms with E-state index >= 15 is 0 Å². The Labute approximate surface area is 378 Å². The molecular formula is C38H32N8O17S4. The summed E-state index contributed by atoms with van der Waals surface area (Å²) in [6.07, 6.45) is 0. The summed E-state index contributed by atoms with van der Waals surface area (Å²) in [6.45, 7) is 3.69. The van der Waals surface area contributed by atoms with Crippen LogP contribution >= 0.6 is 0 Å². The smallest absolute Gasteiger partial charge is 0.296 e. The molecular weight excluding hydrogens is 969 g/mol. The predicted octanol–water partition coefficient (Wildman–Crippen LogP) is 7.87. The van der Waals surface area contributed by atoms with E-state index in [0.717, 1.165) is 50.2 Å². The van der Waals surface area contributed by atoms with Gasteiger partial charge in [0.05, 0.1) is 45.3 Å². The second kappa shape index (κ2) is 18.1. The van der Waals surface area contributed by atoms with E-state index in [0.29, 0.717) is 5.56 Å². The van der Waals surface area contributed by atoms with Crippen LogP contribution in [0.2, 0.25) is 0 Å². The Hall–Kier alpha value is -7.38. The zero-order valence-corrected chi connectivity index (χ0v) is 37.7. The second-order valence-corrected chi connectivity index (χ2v) is 19.6. The zero-order chi connectivity index (χ0) is 49.6. The molecule has 67 heavy (non-hydrogen) atoms. The number of phenols is 2. The number of fused-ring (bicyclic) bond motifs is 2. The van der Waals surface area contributed by atoms with Crippen LogP contribution in [0.1, 0.15) is 19.4 Å². The number of rotatable bonds is 13. The van der Waals surface area contributed by atoms with Crippen LogP contribution < -0.4 is 15.4 Å². The van der Waals surface area contributed by atoms with Gasteiger partial charge in [-0.05, 0) is 90.0 Å². The maximum atomic E-state index is 12.5. The molecule has 0 heterocycles. The van der Waals surface area contributed by atoms with Gasteiger partial charge in [0.1, 0.15) is 32.6 Å². The summed E-state index contributed by atoms with van der Waals surface area (Å²) >= 11 is 0. The number of ether oxygens (including phenoxy) is 1. The van der Waals surface area contributed by atoms with Crippen molar-refractivity contribution < 1.29 is 76.4 Å². The van der Waals surface area contributed by atoms with Crippen LogP contribution in [-0.4, -0.2) is 81.0 Å². The molecule has 25 nitrogen and oxygen atoms in total. The highest BCUT2D eigenvalue weighted by Crippen LogP contribution is 2.47. The van der Waals surface area contributed by atoms with E-state index in [2.05, 4.69) is 41.3 Å². The van der Waals surface area contributed by atoms with Crippen LogP contribution in [-0.2, 0) is 50.1 Å². The Morgan fingerprint density at radius 3 is 1.28 bits per heavy atom. The molecule has 0 bridgehead atoms. The summed E-state index contributed by atoms with van der Waals surface area (Å²) in [6, 6.07) is 13.0. The lowest BCUT2D eigenvalue weighted by Gasteiger charge is -2.14. The average Bonchev–Trinajstić information content (AvgIpc) is 3.20. The standard InChI is InChI=1S/C38H32N8O17S4/c1-17-9-27(44-46-36-32(67(60,61)62)13-21-11-25(65(54,55)56)15-29(40-19(3)48)34(21)38(36)50)30(63-4)16-26(17)43-41-22-5-7-23(8-6-22)42-45-35-31(66(57,58)59)12-20-10-24(64(51,52)53)14-28(39-18(2)47)33(20)37(35)49/h5-16,49-50H,1-4H3,(H,39,47)(H,40,48)(H,51,52,53)(H,54,55,56)(H,57,58,59)(H,60,61,62). The van der Waals surface area contributed by atoms with E-state index in [9.17, 15) is 71.7 Å². The van der Waals surface area contributed by atoms with Crippen LogP contribution in [0.4, 0.5) is 45.5 Å². The van der Waals surface area contributed by atoms with Gasteiger partial charge in [0.15, 0.2) is 11.5 Å². The molecule has 6 aromatic rings. The van der Waals surface area contributed by atoms with E-state index in [1.807, 2.05) is 0 Å². The number of hydrogen-bond acceptors (Lipinski definition) is 19. The minimum Gasteiger partial charge on any atom is -0.505 e. The average molecular weight is 1000 g/mol. The number of amides is 2. The molecule has 350 valence electrons. The van der Waals surface area contributed by atoms with E-state index in [4.69, 9.17) is 4.74 Å². The maximum Gasteiger partial charge on any atom is 0.296 e. The summed E-state index contributed by atoms with van der Waals surface area (Å²) in [5.41, 5.74) is -1.49. The van der Waals surface area contributed by atoms with Crippen molar-refractivity contribution in [2.45, 2.75) is 40.4 Å². The number of azo groups is 3. The molecule has 0 aliphatic heterocycles. The van der Waals surface area contributed by atoms with Gasteiger partial charge < -0.3 is 25.6 Å². The fraction of sp³-hybridized carbons (Fsp3) is 0.105. The summed E-state index contributed by atoms with van der Waals surface area (Å²) in [5, 5.41) is 49.7. The number of nitrogens with zero attached hydrogens (tertiary/aromatic N) is 6. The van der Waals surface area contributed by atoms with Crippen LogP contribution in [0.3, 0.4) is 0 Å². The van der Waals surface area contributed by atoms with Crippen LogP contribution in [0.5, 0.6) is 17.2 Å².